The van der Waals surface area contributed by atoms with Crippen LogP contribution in [0.3, 0.4) is 0 Å². The third-order valence-electron chi connectivity index (χ3n) is 2.35. The highest BCUT2D eigenvalue weighted by atomic mass is 35.5. The number of hydrogen-bond donors (Lipinski definition) is 1. The van der Waals surface area contributed by atoms with Crippen LogP contribution in [-0.2, 0) is 7.05 Å². The summed E-state index contributed by atoms with van der Waals surface area (Å²) in [6.45, 7) is 1.90. The van der Waals surface area contributed by atoms with Crippen LogP contribution in [0, 0.1) is 6.92 Å². The van der Waals surface area contributed by atoms with Crippen molar-refractivity contribution in [1.29, 1.82) is 0 Å². The molecular formula is C10H11ClN4. The molecule has 0 saturated carbocycles. The van der Waals surface area contributed by atoms with Gasteiger partial charge in [0.25, 0.3) is 0 Å². The summed E-state index contributed by atoms with van der Waals surface area (Å²) in [6.07, 6.45) is 0. The van der Waals surface area contributed by atoms with E-state index in [1.54, 1.807) is 12.1 Å². The number of halogens is 1. The average molecular weight is 223 g/mol. The molecule has 0 amide bonds. The topological polar surface area (TPSA) is 56.7 Å². The number of anilines is 1. The monoisotopic (exact) mass is 222 g/mol. The lowest BCUT2D eigenvalue weighted by molar-refractivity contribution is 0.865. The van der Waals surface area contributed by atoms with E-state index in [2.05, 4.69) is 10.2 Å². The average Bonchev–Trinajstić information content (AvgIpc) is 2.53. The second-order valence-corrected chi connectivity index (χ2v) is 3.77. The smallest absolute Gasteiger partial charge is 0.163 e. The SMILES string of the molecule is Cc1nnc(-c2ccc(N)c(Cl)c2)n1C. The predicted molar refractivity (Wildman–Crippen MR) is 60.6 cm³/mol. The van der Waals surface area contributed by atoms with Gasteiger partial charge in [-0.1, -0.05) is 11.6 Å². The Kier molecular flexibility index (Phi) is 2.36. The minimum atomic E-state index is 0.535. The highest BCUT2D eigenvalue weighted by molar-refractivity contribution is 6.33. The van der Waals surface area contributed by atoms with Crippen molar-refractivity contribution in [3.8, 4) is 11.4 Å². The summed E-state index contributed by atoms with van der Waals surface area (Å²) in [7, 11) is 1.91. The van der Waals surface area contributed by atoms with Gasteiger partial charge in [0.05, 0.1) is 10.7 Å². The molecule has 2 rings (SSSR count). The van der Waals surface area contributed by atoms with Crippen LogP contribution in [0.4, 0.5) is 5.69 Å². The molecule has 15 heavy (non-hydrogen) atoms. The van der Waals surface area contributed by atoms with Gasteiger partial charge in [-0.25, -0.2) is 0 Å². The molecule has 0 unspecified atom stereocenters. The number of rotatable bonds is 1. The highest BCUT2D eigenvalue weighted by Gasteiger charge is 2.08. The van der Waals surface area contributed by atoms with Crippen LogP contribution in [0.1, 0.15) is 5.82 Å². The van der Waals surface area contributed by atoms with Crippen molar-refractivity contribution in [3.63, 3.8) is 0 Å². The Morgan fingerprint density at radius 3 is 2.60 bits per heavy atom. The molecule has 0 aliphatic carbocycles. The molecule has 4 nitrogen and oxygen atoms in total. The van der Waals surface area contributed by atoms with Gasteiger partial charge in [0.2, 0.25) is 0 Å². The Morgan fingerprint density at radius 2 is 2.07 bits per heavy atom. The Morgan fingerprint density at radius 1 is 1.33 bits per heavy atom. The Hall–Kier alpha value is -1.55. The minimum Gasteiger partial charge on any atom is -0.398 e. The van der Waals surface area contributed by atoms with E-state index in [9.17, 15) is 0 Å². The molecule has 78 valence electrons. The van der Waals surface area contributed by atoms with E-state index in [-0.39, 0.29) is 0 Å². The van der Waals surface area contributed by atoms with Gasteiger partial charge in [0, 0.05) is 12.6 Å². The summed E-state index contributed by atoms with van der Waals surface area (Å²) in [5, 5.41) is 8.59. The summed E-state index contributed by atoms with van der Waals surface area (Å²) in [4.78, 5) is 0. The van der Waals surface area contributed by atoms with E-state index in [0.29, 0.717) is 10.7 Å². The number of nitrogens with two attached hydrogens (primary N) is 1. The zero-order valence-electron chi connectivity index (χ0n) is 8.53. The normalized spacial score (nSPS) is 10.6. The molecule has 0 aliphatic heterocycles. The number of aromatic nitrogens is 3. The number of aryl methyl sites for hydroxylation is 1. The molecule has 0 aliphatic rings. The van der Waals surface area contributed by atoms with Gasteiger partial charge < -0.3 is 10.3 Å². The number of nitrogen functional groups attached to an aromatic ring is 1. The van der Waals surface area contributed by atoms with Crippen LogP contribution < -0.4 is 5.73 Å². The summed E-state index contributed by atoms with van der Waals surface area (Å²) in [5.74, 6) is 1.65. The summed E-state index contributed by atoms with van der Waals surface area (Å²) in [5.41, 5.74) is 7.12. The van der Waals surface area contributed by atoms with Crippen molar-refractivity contribution in [2.45, 2.75) is 6.92 Å². The first-order chi connectivity index (χ1) is 7.09. The van der Waals surface area contributed by atoms with Crippen molar-refractivity contribution >= 4 is 17.3 Å². The van der Waals surface area contributed by atoms with Gasteiger partial charge in [-0.15, -0.1) is 10.2 Å². The standard InChI is InChI=1S/C10H11ClN4/c1-6-13-14-10(15(6)2)7-3-4-9(12)8(11)5-7/h3-5H,12H2,1-2H3. The number of hydrogen-bond acceptors (Lipinski definition) is 3. The molecule has 1 heterocycles. The first kappa shape index (κ1) is 9.98. The summed E-state index contributed by atoms with van der Waals surface area (Å²) >= 11 is 5.94. The van der Waals surface area contributed by atoms with Crippen LogP contribution in [0.2, 0.25) is 5.02 Å². The highest BCUT2D eigenvalue weighted by Crippen LogP contribution is 2.25. The maximum Gasteiger partial charge on any atom is 0.163 e. The van der Waals surface area contributed by atoms with Crippen LogP contribution >= 0.6 is 11.6 Å². The lowest BCUT2D eigenvalue weighted by Gasteiger charge is -2.03. The first-order valence-electron chi connectivity index (χ1n) is 4.51. The first-order valence-corrected chi connectivity index (χ1v) is 4.89. The van der Waals surface area contributed by atoms with Crippen molar-refractivity contribution < 1.29 is 0 Å². The maximum atomic E-state index is 5.94. The summed E-state index contributed by atoms with van der Waals surface area (Å²) < 4.78 is 1.90. The molecular weight excluding hydrogens is 212 g/mol. The van der Waals surface area contributed by atoms with Gasteiger partial charge in [0.15, 0.2) is 5.82 Å². The largest absolute Gasteiger partial charge is 0.398 e. The van der Waals surface area contributed by atoms with Crippen molar-refractivity contribution in [1.82, 2.24) is 14.8 Å². The van der Waals surface area contributed by atoms with Crippen LogP contribution in [0.15, 0.2) is 18.2 Å². The van der Waals surface area contributed by atoms with E-state index in [1.807, 2.05) is 24.6 Å². The predicted octanol–water partition coefficient (Wildman–Crippen LogP) is 2.03. The third kappa shape index (κ3) is 1.68. The molecule has 0 spiro atoms. The maximum absolute atomic E-state index is 5.94. The van der Waals surface area contributed by atoms with E-state index < -0.39 is 0 Å². The fourth-order valence-electron chi connectivity index (χ4n) is 1.32. The molecule has 1 aromatic carbocycles. The lowest BCUT2D eigenvalue weighted by atomic mass is 10.2. The van der Waals surface area contributed by atoms with E-state index in [4.69, 9.17) is 17.3 Å². The number of benzene rings is 1. The van der Waals surface area contributed by atoms with E-state index in [0.717, 1.165) is 17.2 Å². The number of nitrogens with zero attached hydrogens (tertiary/aromatic N) is 3. The Labute approximate surface area is 92.7 Å². The van der Waals surface area contributed by atoms with Gasteiger partial charge in [-0.05, 0) is 25.1 Å². The Balaban J connectivity index is 2.55. The quantitative estimate of drug-likeness (QED) is 0.752. The summed E-state index contributed by atoms with van der Waals surface area (Å²) in [6, 6.07) is 5.44. The molecule has 1 aromatic heterocycles. The third-order valence-corrected chi connectivity index (χ3v) is 2.68. The van der Waals surface area contributed by atoms with Crippen molar-refractivity contribution in [2.24, 2.45) is 7.05 Å². The van der Waals surface area contributed by atoms with Crippen LogP contribution in [0.5, 0.6) is 0 Å². The molecule has 0 bridgehead atoms. The van der Waals surface area contributed by atoms with Gasteiger partial charge in [-0.2, -0.15) is 0 Å². The van der Waals surface area contributed by atoms with Crippen molar-refractivity contribution in [3.05, 3.63) is 29.0 Å². The molecule has 0 saturated heterocycles. The molecule has 5 heteroatoms. The van der Waals surface area contributed by atoms with Gasteiger partial charge in [0.1, 0.15) is 5.82 Å². The van der Waals surface area contributed by atoms with E-state index >= 15 is 0 Å². The molecule has 0 atom stereocenters. The lowest BCUT2D eigenvalue weighted by Crippen LogP contribution is -1.95. The van der Waals surface area contributed by atoms with Gasteiger partial charge >= 0.3 is 0 Å². The van der Waals surface area contributed by atoms with Crippen LogP contribution in [0.25, 0.3) is 11.4 Å². The molecule has 0 radical (unpaired) electrons. The fraction of sp³-hybridized carbons (Fsp3) is 0.200. The molecule has 0 fully saturated rings. The minimum absolute atomic E-state index is 0.535. The second-order valence-electron chi connectivity index (χ2n) is 3.37. The zero-order chi connectivity index (χ0) is 11.0. The Bertz CT molecular complexity index is 504. The second kappa shape index (κ2) is 3.55. The molecule has 2 aromatic rings. The molecule has 2 N–H and O–H groups in total. The van der Waals surface area contributed by atoms with Gasteiger partial charge in [-0.3, -0.25) is 0 Å². The van der Waals surface area contributed by atoms with E-state index in [1.165, 1.54) is 0 Å². The van der Waals surface area contributed by atoms with Crippen LogP contribution in [-0.4, -0.2) is 14.8 Å². The zero-order valence-corrected chi connectivity index (χ0v) is 9.28. The van der Waals surface area contributed by atoms with Crippen molar-refractivity contribution in [2.75, 3.05) is 5.73 Å². The fourth-order valence-corrected chi connectivity index (χ4v) is 1.51.